The van der Waals surface area contributed by atoms with Gasteiger partial charge in [0.15, 0.2) is 0 Å². The van der Waals surface area contributed by atoms with E-state index in [9.17, 15) is 4.79 Å². The number of hydrogen-bond acceptors (Lipinski definition) is 3. The lowest BCUT2D eigenvalue weighted by molar-refractivity contribution is 0.0993. The van der Waals surface area contributed by atoms with Crippen LogP contribution in [0.3, 0.4) is 0 Å². The molecule has 4 nitrogen and oxygen atoms in total. The van der Waals surface area contributed by atoms with Crippen molar-refractivity contribution < 1.29 is 4.79 Å². The van der Waals surface area contributed by atoms with E-state index in [1.807, 2.05) is 43.4 Å². The molecule has 0 aliphatic rings. The predicted octanol–water partition coefficient (Wildman–Crippen LogP) is 2.08. The van der Waals surface area contributed by atoms with Crippen molar-refractivity contribution in [2.75, 3.05) is 19.0 Å². The van der Waals surface area contributed by atoms with Crippen molar-refractivity contribution in [3.8, 4) is 0 Å². The first-order chi connectivity index (χ1) is 9.22. The second kappa shape index (κ2) is 6.11. The maximum absolute atomic E-state index is 12.4. The number of carbonyl (C=O) groups excluding carboxylic acids is 1. The van der Waals surface area contributed by atoms with Crippen molar-refractivity contribution in [2.45, 2.75) is 6.54 Å². The smallest absolute Gasteiger partial charge is 0.258 e. The molecule has 0 aliphatic heterocycles. The summed E-state index contributed by atoms with van der Waals surface area (Å²) in [6, 6.07) is 13.1. The zero-order valence-corrected chi connectivity index (χ0v) is 11.1. The van der Waals surface area contributed by atoms with Gasteiger partial charge in [-0.3, -0.25) is 9.78 Å². The first-order valence-electron chi connectivity index (χ1n) is 6.15. The SMILES string of the molecule is CNCc1cc(C(=O)N(C)c2ccccc2)ccn1. The van der Waals surface area contributed by atoms with E-state index in [1.54, 1.807) is 24.2 Å². The van der Waals surface area contributed by atoms with E-state index in [0.717, 1.165) is 11.4 Å². The topological polar surface area (TPSA) is 45.2 Å². The first kappa shape index (κ1) is 13.2. The number of amides is 1. The molecule has 1 aromatic heterocycles. The second-order valence-corrected chi connectivity index (χ2v) is 4.27. The Labute approximate surface area is 113 Å². The fourth-order valence-corrected chi connectivity index (χ4v) is 1.85. The highest BCUT2D eigenvalue weighted by molar-refractivity contribution is 6.05. The molecule has 1 aromatic carbocycles. The van der Waals surface area contributed by atoms with E-state index in [2.05, 4.69) is 10.3 Å². The summed E-state index contributed by atoms with van der Waals surface area (Å²) in [6.07, 6.45) is 1.67. The lowest BCUT2D eigenvalue weighted by Gasteiger charge is -2.17. The minimum absolute atomic E-state index is 0.0362. The summed E-state index contributed by atoms with van der Waals surface area (Å²) in [6.45, 7) is 0.649. The monoisotopic (exact) mass is 255 g/mol. The van der Waals surface area contributed by atoms with Gasteiger partial charge in [-0.05, 0) is 31.3 Å². The van der Waals surface area contributed by atoms with Gasteiger partial charge in [0.05, 0.1) is 5.69 Å². The normalized spacial score (nSPS) is 10.2. The van der Waals surface area contributed by atoms with Crippen LogP contribution in [0, 0.1) is 0 Å². The van der Waals surface area contributed by atoms with E-state index < -0.39 is 0 Å². The van der Waals surface area contributed by atoms with Gasteiger partial charge >= 0.3 is 0 Å². The third-order valence-electron chi connectivity index (χ3n) is 2.87. The van der Waals surface area contributed by atoms with E-state index in [1.165, 1.54) is 0 Å². The minimum atomic E-state index is -0.0362. The molecule has 0 spiro atoms. The molecule has 0 unspecified atom stereocenters. The Morgan fingerprint density at radius 3 is 2.68 bits per heavy atom. The standard InChI is InChI=1S/C15H17N3O/c1-16-11-13-10-12(8-9-17-13)15(19)18(2)14-6-4-3-5-7-14/h3-10,16H,11H2,1-2H3. The molecule has 0 saturated carbocycles. The Hall–Kier alpha value is -2.20. The van der Waals surface area contributed by atoms with E-state index in [4.69, 9.17) is 0 Å². The number of hydrogen-bond donors (Lipinski definition) is 1. The predicted molar refractivity (Wildman–Crippen MR) is 76.2 cm³/mol. The Balaban J connectivity index is 2.22. The molecule has 0 bridgehead atoms. The van der Waals surface area contributed by atoms with Crippen LogP contribution in [-0.4, -0.2) is 25.0 Å². The Bertz CT molecular complexity index is 554. The van der Waals surface area contributed by atoms with Crippen molar-refractivity contribution in [3.63, 3.8) is 0 Å². The summed E-state index contributed by atoms with van der Waals surface area (Å²) in [5.74, 6) is -0.0362. The van der Waals surface area contributed by atoms with Crippen LogP contribution in [0.15, 0.2) is 48.7 Å². The average Bonchev–Trinajstić information content (AvgIpc) is 2.47. The van der Waals surface area contributed by atoms with Gasteiger partial charge in [-0.2, -0.15) is 0 Å². The molecule has 2 aromatic rings. The third-order valence-corrected chi connectivity index (χ3v) is 2.87. The van der Waals surface area contributed by atoms with Gasteiger partial charge in [0, 0.05) is 31.0 Å². The van der Waals surface area contributed by atoms with Crippen LogP contribution in [0.2, 0.25) is 0 Å². The Kier molecular flexibility index (Phi) is 4.26. The molecule has 19 heavy (non-hydrogen) atoms. The molecule has 0 fully saturated rings. The van der Waals surface area contributed by atoms with E-state index >= 15 is 0 Å². The summed E-state index contributed by atoms with van der Waals surface area (Å²) < 4.78 is 0. The van der Waals surface area contributed by atoms with Gasteiger partial charge in [-0.25, -0.2) is 0 Å². The van der Waals surface area contributed by atoms with Crippen molar-refractivity contribution >= 4 is 11.6 Å². The summed E-state index contributed by atoms with van der Waals surface area (Å²) in [7, 11) is 3.63. The lowest BCUT2D eigenvalue weighted by atomic mass is 10.2. The fraction of sp³-hybridized carbons (Fsp3) is 0.200. The number of pyridine rings is 1. The molecule has 0 saturated heterocycles. The number of nitrogens with one attached hydrogen (secondary N) is 1. The average molecular weight is 255 g/mol. The van der Waals surface area contributed by atoms with Crippen LogP contribution >= 0.6 is 0 Å². The largest absolute Gasteiger partial charge is 0.314 e. The van der Waals surface area contributed by atoms with Crippen LogP contribution in [0.1, 0.15) is 16.1 Å². The summed E-state index contributed by atoms with van der Waals surface area (Å²) >= 11 is 0. The van der Waals surface area contributed by atoms with Crippen molar-refractivity contribution in [1.82, 2.24) is 10.3 Å². The van der Waals surface area contributed by atoms with Crippen LogP contribution in [0.5, 0.6) is 0 Å². The zero-order valence-electron chi connectivity index (χ0n) is 11.1. The molecule has 0 radical (unpaired) electrons. The number of rotatable bonds is 4. The van der Waals surface area contributed by atoms with Gasteiger partial charge < -0.3 is 10.2 Å². The third kappa shape index (κ3) is 3.17. The molecule has 1 N–H and O–H groups in total. The number of para-hydroxylation sites is 1. The fourth-order valence-electron chi connectivity index (χ4n) is 1.85. The number of aromatic nitrogens is 1. The van der Waals surface area contributed by atoms with Crippen LogP contribution in [-0.2, 0) is 6.54 Å². The minimum Gasteiger partial charge on any atom is -0.314 e. The molecule has 98 valence electrons. The molecule has 4 heteroatoms. The quantitative estimate of drug-likeness (QED) is 0.909. The molecule has 1 heterocycles. The Morgan fingerprint density at radius 2 is 2.00 bits per heavy atom. The maximum atomic E-state index is 12.4. The van der Waals surface area contributed by atoms with Crippen molar-refractivity contribution in [2.24, 2.45) is 0 Å². The van der Waals surface area contributed by atoms with Gasteiger partial charge in [-0.15, -0.1) is 0 Å². The highest BCUT2D eigenvalue weighted by Gasteiger charge is 2.13. The van der Waals surface area contributed by atoms with Crippen LogP contribution in [0.25, 0.3) is 0 Å². The van der Waals surface area contributed by atoms with Gasteiger partial charge in [0.2, 0.25) is 0 Å². The van der Waals surface area contributed by atoms with E-state index in [0.29, 0.717) is 12.1 Å². The second-order valence-electron chi connectivity index (χ2n) is 4.27. The summed E-state index contributed by atoms with van der Waals surface area (Å²) in [4.78, 5) is 18.2. The number of benzene rings is 1. The van der Waals surface area contributed by atoms with Crippen LogP contribution in [0.4, 0.5) is 5.69 Å². The molecular formula is C15H17N3O. The molecule has 0 atom stereocenters. The molecule has 2 rings (SSSR count). The molecule has 1 amide bonds. The van der Waals surface area contributed by atoms with Gasteiger partial charge in [0.25, 0.3) is 5.91 Å². The Morgan fingerprint density at radius 1 is 1.26 bits per heavy atom. The maximum Gasteiger partial charge on any atom is 0.258 e. The van der Waals surface area contributed by atoms with Crippen molar-refractivity contribution in [1.29, 1.82) is 0 Å². The number of anilines is 1. The highest BCUT2D eigenvalue weighted by atomic mass is 16.2. The number of carbonyl (C=O) groups is 1. The zero-order chi connectivity index (χ0) is 13.7. The van der Waals surface area contributed by atoms with Gasteiger partial charge in [0.1, 0.15) is 0 Å². The van der Waals surface area contributed by atoms with Crippen molar-refractivity contribution in [3.05, 3.63) is 59.9 Å². The molecule has 0 aliphatic carbocycles. The lowest BCUT2D eigenvalue weighted by Crippen LogP contribution is -2.26. The highest BCUT2D eigenvalue weighted by Crippen LogP contribution is 2.14. The van der Waals surface area contributed by atoms with Gasteiger partial charge in [-0.1, -0.05) is 18.2 Å². The summed E-state index contributed by atoms with van der Waals surface area (Å²) in [5.41, 5.74) is 2.38. The summed E-state index contributed by atoms with van der Waals surface area (Å²) in [5, 5.41) is 3.02. The van der Waals surface area contributed by atoms with E-state index in [-0.39, 0.29) is 5.91 Å². The molecular weight excluding hydrogens is 238 g/mol. The number of nitrogens with zero attached hydrogens (tertiary/aromatic N) is 2. The first-order valence-corrected chi connectivity index (χ1v) is 6.15. The van der Waals surface area contributed by atoms with Crippen LogP contribution < -0.4 is 10.2 Å².